The van der Waals surface area contributed by atoms with E-state index in [2.05, 4.69) is 27.0 Å². The Balaban J connectivity index is 1.52. The molecule has 1 unspecified atom stereocenters. The number of carbonyl (C=O) groups is 1. The molecule has 2 atom stereocenters. The Hall–Kier alpha value is -2.34. The zero-order valence-corrected chi connectivity index (χ0v) is 15.2. The molecule has 6 nitrogen and oxygen atoms in total. The third kappa shape index (κ3) is 3.33. The van der Waals surface area contributed by atoms with Gasteiger partial charge in [-0.2, -0.15) is 0 Å². The van der Waals surface area contributed by atoms with Gasteiger partial charge in [0.2, 0.25) is 0 Å². The predicted molar refractivity (Wildman–Crippen MR) is 100 cm³/mol. The van der Waals surface area contributed by atoms with E-state index in [-0.39, 0.29) is 18.1 Å². The van der Waals surface area contributed by atoms with Crippen LogP contribution in [0.1, 0.15) is 47.9 Å². The Morgan fingerprint density at radius 1 is 1.19 bits per heavy atom. The van der Waals surface area contributed by atoms with Gasteiger partial charge in [-0.25, -0.2) is 4.98 Å². The molecule has 138 valence electrons. The molecule has 2 saturated heterocycles. The second-order valence-electron chi connectivity index (χ2n) is 7.14. The number of ether oxygens (including phenoxy) is 1. The van der Waals surface area contributed by atoms with Crippen molar-refractivity contribution in [3.8, 4) is 0 Å². The molecular weight excluding hydrogens is 328 g/mol. The summed E-state index contributed by atoms with van der Waals surface area (Å²) in [6, 6.07) is 7.98. The van der Waals surface area contributed by atoms with Crippen LogP contribution in [-0.4, -0.2) is 53.6 Å². The molecule has 2 fully saturated rings. The van der Waals surface area contributed by atoms with Gasteiger partial charge in [-0.15, -0.1) is 0 Å². The van der Waals surface area contributed by atoms with Crippen molar-refractivity contribution in [2.45, 2.75) is 37.8 Å². The van der Waals surface area contributed by atoms with Gasteiger partial charge in [-0.3, -0.25) is 4.79 Å². The number of hydrogen-bond acceptors (Lipinski definition) is 4. The SMILES string of the molecule is CO[C@@H]1CC(c2ncc[nH]2)N(C(=O)c2ccc(N3CCCCC3)cc2)C1. The largest absolute Gasteiger partial charge is 0.380 e. The van der Waals surface area contributed by atoms with Gasteiger partial charge in [-0.05, 0) is 43.5 Å². The molecule has 2 aromatic rings. The van der Waals surface area contributed by atoms with Crippen LogP contribution in [-0.2, 0) is 4.74 Å². The van der Waals surface area contributed by atoms with Gasteiger partial charge in [0.1, 0.15) is 5.82 Å². The average Bonchev–Trinajstić information content (AvgIpc) is 3.37. The lowest BCUT2D eigenvalue weighted by molar-refractivity contribution is 0.0684. The van der Waals surface area contributed by atoms with E-state index in [9.17, 15) is 4.79 Å². The number of piperidine rings is 1. The number of methoxy groups -OCH3 is 1. The zero-order valence-electron chi connectivity index (χ0n) is 15.2. The van der Waals surface area contributed by atoms with E-state index in [0.717, 1.165) is 30.9 Å². The molecule has 1 amide bonds. The Labute approximate surface area is 154 Å². The van der Waals surface area contributed by atoms with Gasteiger partial charge in [0.25, 0.3) is 5.91 Å². The normalized spacial score (nSPS) is 23.4. The Morgan fingerprint density at radius 3 is 2.62 bits per heavy atom. The molecule has 0 saturated carbocycles. The third-order valence-electron chi connectivity index (χ3n) is 5.53. The summed E-state index contributed by atoms with van der Waals surface area (Å²) in [6.45, 7) is 2.81. The van der Waals surface area contributed by atoms with Crippen LogP contribution in [0.15, 0.2) is 36.7 Å². The van der Waals surface area contributed by atoms with E-state index in [0.29, 0.717) is 6.54 Å². The Kier molecular flexibility index (Phi) is 4.93. The molecule has 0 radical (unpaired) electrons. The lowest BCUT2D eigenvalue weighted by atomic mass is 10.1. The highest BCUT2D eigenvalue weighted by Crippen LogP contribution is 2.33. The maximum atomic E-state index is 13.1. The van der Waals surface area contributed by atoms with Gasteiger partial charge in [0.15, 0.2) is 0 Å². The smallest absolute Gasteiger partial charge is 0.254 e. The number of benzene rings is 1. The molecule has 6 heteroatoms. The van der Waals surface area contributed by atoms with Crippen LogP contribution in [0, 0.1) is 0 Å². The van der Waals surface area contributed by atoms with E-state index in [1.54, 1.807) is 19.5 Å². The first-order valence-corrected chi connectivity index (χ1v) is 9.44. The maximum absolute atomic E-state index is 13.1. The average molecular weight is 354 g/mol. The third-order valence-corrected chi connectivity index (χ3v) is 5.53. The summed E-state index contributed by atoms with van der Waals surface area (Å²) in [7, 11) is 1.70. The molecule has 2 aliphatic rings. The highest BCUT2D eigenvalue weighted by molar-refractivity contribution is 5.95. The van der Waals surface area contributed by atoms with Crippen molar-refractivity contribution in [3.63, 3.8) is 0 Å². The summed E-state index contributed by atoms with van der Waals surface area (Å²) >= 11 is 0. The van der Waals surface area contributed by atoms with Gasteiger partial charge < -0.3 is 19.5 Å². The zero-order chi connectivity index (χ0) is 17.9. The lowest BCUT2D eigenvalue weighted by Crippen LogP contribution is -2.32. The van der Waals surface area contributed by atoms with Crippen LogP contribution in [0.5, 0.6) is 0 Å². The van der Waals surface area contributed by atoms with E-state index in [4.69, 9.17) is 4.74 Å². The number of likely N-dealkylation sites (tertiary alicyclic amines) is 1. The quantitative estimate of drug-likeness (QED) is 0.917. The number of nitrogens with one attached hydrogen (secondary N) is 1. The van der Waals surface area contributed by atoms with Crippen molar-refractivity contribution in [3.05, 3.63) is 48.0 Å². The number of anilines is 1. The van der Waals surface area contributed by atoms with Crippen molar-refractivity contribution in [1.82, 2.24) is 14.9 Å². The summed E-state index contributed by atoms with van der Waals surface area (Å²) in [6.07, 6.45) is 8.15. The first-order chi connectivity index (χ1) is 12.8. The van der Waals surface area contributed by atoms with Crippen molar-refractivity contribution < 1.29 is 9.53 Å². The summed E-state index contributed by atoms with van der Waals surface area (Å²) in [5.74, 6) is 0.860. The number of aromatic amines is 1. The summed E-state index contributed by atoms with van der Waals surface area (Å²) in [4.78, 5) is 24.9. The van der Waals surface area contributed by atoms with Gasteiger partial charge in [0, 0.05) is 56.8 Å². The molecular formula is C20H26N4O2. The number of amides is 1. The van der Waals surface area contributed by atoms with Crippen LogP contribution in [0.4, 0.5) is 5.69 Å². The Bertz CT molecular complexity index is 723. The van der Waals surface area contributed by atoms with Crippen LogP contribution in [0.25, 0.3) is 0 Å². The highest BCUT2D eigenvalue weighted by Gasteiger charge is 2.38. The number of hydrogen-bond donors (Lipinski definition) is 1. The second-order valence-corrected chi connectivity index (χ2v) is 7.14. The highest BCUT2D eigenvalue weighted by atomic mass is 16.5. The fraction of sp³-hybridized carbons (Fsp3) is 0.500. The number of imidazole rings is 1. The van der Waals surface area contributed by atoms with Crippen molar-refractivity contribution in [1.29, 1.82) is 0 Å². The maximum Gasteiger partial charge on any atom is 0.254 e. The number of rotatable bonds is 4. The summed E-state index contributed by atoms with van der Waals surface area (Å²) in [5, 5.41) is 0. The van der Waals surface area contributed by atoms with Gasteiger partial charge in [-0.1, -0.05) is 0 Å². The first kappa shape index (κ1) is 17.1. The molecule has 1 N–H and O–H groups in total. The molecule has 26 heavy (non-hydrogen) atoms. The van der Waals surface area contributed by atoms with Crippen LogP contribution < -0.4 is 4.90 Å². The van der Waals surface area contributed by atoms with E-state index >= 15 is 0 Å². The molecule has 1 aromatic heterocycles. The molecule has 0 aliphatic carbocycles. The minimum Gasteiger partial charge on any atom is -0.380 e. The molecule has 3 heterocycles. The van der Waals surface area contributed by atoms with E-state index in [1.807, 2.05) is 17.0 Å². The predicted octanol–water partition coefficient (Wildman–Crippen LogP) is 3.00. The lowest BCUT2D eigenvalue weighted by Gasteiger charge is -2.29. The van der Waals surface area contributed by atoms with Crippen molar-refractivity contribution in [2.75, 3.05) is 31.6 Å². The fourth-order valence-corrected chi connectivity index (χ4v) is 4.04. The van der Waals surface area contributed by atoms with Crippen molar-refractivity contribution in [2.24, 2.45) is 0 Å². The minimum absolute atomic E-state index is 0.0381. The Morgan fingerprint density at radius 2 is 1.96 bits per heavy atom. The summed E-state index contributed by atoms with van der Waals surface area (Å²) < 4.78 is 5.51. The fourth-order valence-electron chi connectivity index (χ4n) is 4.04. The molecule has 1 aromatic carbocycles. The van der Waals surface area contributed by atoms with E-state index in [1.165, 1.54) is 24.9 Å². The first-order valence-electron chi connectivity index (χ1n) is 9.44. The van der Waals surface area contributed by atoms with Crippen LogP contribution in [0.2, 0.25) is 0 Å². The number of H-pyrrole nitrogens is 1. The van der Waals surface area contributed by atoms with Gasteiger partial charge in [0.05, 0.1) is 12.1 Å². The number of aromatic nitrogens is 2. The molecule has 0 spiro atoms. The molecule has 4 rings (SSSR count). The van der Waals surface area contributed by atoms with Crippen molar-refractivity contribution >= 4 is 11.6 Å². The monoisotopic (exact) mass is 354 g/mol. The standard InChI is InChI=1S/C20H26N4O2/c1-26-17-13-18(19-21-9-10-22-19)24(14-17)20(25)15-5-7-16(8-6-15)23-11-3-2-4-12-23/h5-10,17-18H,2-4,11-14H2,1H3,(H,21,22)/t17-,18?/m1/s1. The van der Waals surface area contributed by atoms with Crippen LogP contribution in [0.3, 0.4) is 0 Å². The number of carbonyl (C=O) groups excluding carboxylic acids is 1. The molecule has 2 aliphatic heterocycles. The number of nitrogens with zero attached hydrogens (tertiary/aromatic N) is 3. The second kappa shape index (κ2) is 7.50. The minimum atomic E-state index is -0.0655. The molecule has 0 bridgehead atoms. The topological polar surface area (TPSA) is 61.5 Å². The van der Waals surface area contributed by atoms with Crippen LogP contribution >= 0.6 is 0 Å². The van der Waals surface area contributed by atoms with E-state index < -0.39 is 0 Å². The van der Waals surface area contributed by atoms with Gasteiger partial charge >= 0.3 is 0 Å². The summed E-state index contributed by atoms with van der Waals surface area (Å²) in [5.41, 5.74) is 1.93.